The van der Waals surface area contributed by atoms with Crippen LogP contribution in [0.2, 0.25) is 0 Å². The third-order valence-electron chi connectivity index (χ3n) is 3.10. The standard InChI is InChI=1S/C14H12N4O2S/c1-8-6-9(7-16-17-14(15)21)12-18(8)11-5-3-2-4-10(11)13(19)20-12/h2-7H,1H3,(H3,15,17,21)/b16-7+. The van der Waals surface area contributed by atoms with Gasteiger partial charge in [-0.15, -0.1) is 0 Å². The Morgan fingerprint density at radius 2 is 2.24 bits per heavy atom. The van der Waals surface area contributed by atoms with Gasteiger partial charge >= 0.3 is 5.63 Å². The smallest absolute Gasteiger partial charge is 0.346 e. The zero-order valence-electron chi connectivity index (χ0n) is 11.2. The van der Waals surface area contributed by atoms with Gasteiger partial charge in [-0.25, -0.2) is 4.79 Å². The number of benzene rings is 1. The molecular weight excluding hydrogens is 288 g/mol. The summed E-state index contributed by atoms with van der Waals surface area (Å²) < 4.78 is 7.28. The summed E-state index contributed by atoms with van der Waals surface area (Å²) in [6.45, 7) is 1.93. The fourth-order valence-electron chi connectivity index (χ4n) is 2.29. The number of nitrogens with zero attached hydrogens (tertiary/aromatic N) is 2. The van der Waals surface area contributed by atoms with Crippen LogP contribution in [0.4, 0.5) is 0 Å². The zero-order valence-corrected chi connectivity index (χ0v) is 12.0. The second-order valence-corrected chi connectivity index (χ2v) is 4.96. The van der Waals surface area contributed by atoms with Gasteiger partial charge in [-0.3, -0.25) is 9.83 Å². The van der Waals surface area contributed by atoms with Crippen LogP contribution in [0.15, 0.2) is 44.6 Å². The van der Waals surface area contributed by atoms with E-state index in [2.05, 4.69) is 22.7 Å². The molecule has 0 radical (unpaired) electrons. The maximum atomic E-state index is 12.1. The summed E-state index contributed by atoms with van der Waals surface area (Å²) in [6, 6.07) is 9.17. The van der Waals surface area contributed by atoms with Gasteiger partial charge in [0.15, 0.2) is 5.11 Å². The van der Waals surface area contributed by atoms with E-state index in [0.29, 0.717) is 16.7 Å². The molecule has 2 aromatic heterocycles. The SMILES string of the molecule is Cc1cc(/C=N/NC(N)=S)c2oc(=O)c3ccccc3n12. The first kappa shape index (κ1) is 13.3. The summed E-state index contributed by atoms with van der Waals surface area (Å²) in [5.74, 6) is 0. The molecule has 0 fully saturated rings. The van der Waals surface area contributed by atoms with Gasteiger partial charge in [-0.05, 0) is 37.3 Å². The van der Waals surface area contributed by atoms with Crippen LogP contribution in [0.5, 0.6) is 0 Å². The van der Waals surface area contributed by atoms with Gasteiger partial charge in [0.05, 0.1) is 22.7 Å². The van der Waals surface area contributed by atoms with E-state index in [1.54, 1.807) is 12.1 Å². The van der Waals surface area contributed by atoms with Crippen LogP contribution < -0.4 is 16.8 Å². The first-order valence-corrected chi connectivity index (χ1v) is 6.61. The summed E-state index contributed by atoms with van der Waals surface area (Å²) in [5, 5.41) is 4.50. The highest BCUT2D eigenvalue weighted by Gasteiger charge is 2.12. The lowest BCUT2D eigenvalue weighted by Crippen LogP contribution is -2.23. The molecular formula is C14H12N4O2S. The number of fused-ring (bicyclic) bond motifs is 3. The van der Waals surface area contributed by atoms with Crippen LogP contribution in [0, 0.1) is 6.92 Å². The van der Waals surface area contributed by atoms with Crippen molar-refractivity contribution in [3.8, 4) is 0 Å². The number of nitrogens with two attached hydrogens (primary N) is 1. The molecule has 0 atom stereocenters. The van der Waals surface area contributed by atoms with Gasteiger partial charge < -0.3 is 10.2 Å². The maximum absolute atomic E-state index is 12.1. The predicted octanol–water partition coefficient (Wildman–Crippen LogP) is 1.52. The third-order valence-corrected chi connectivity index (χ3v) is 3.19. The van der Waals surface area contributed by atoms with E-state index in [9.17, 15) is 4.79 Å². The van der Waals surface area contributed by atoms with Gasteiger partial charge in [0.2, 0.25) is 5.71 Å². The van der Waals surface area contributed by atoms with E-state index in [1.807, 2.05) is 29.5 Å². The Morgan fingerprint density at radius 1 is 1.48 bits per heavy atom. The van der Waals surface area contributed by atoms with Crippen LogP contribution in [-0.4, -0.2) is 15.7 Å². The van der Waals surface area contributed by atoms with E-state index in [-0.39, 0.29) is 10.7 Å². The molecule has 3 rings (SSSR count). The van der Waals surface area contributed by atoms with Gasteiger partial charge in [-0.1, -0.05) is 12.1 Å². The number of aromatic nitrogens is 1. The highest BCUT2D eigenvalue weighted by atomic mass is 32.1. The number of aryl methyl sites for hydroxylation is 1. The van der Waals surface area contributed by atoms with Crippen LogP contribution >= 0.6 is 12.2 Å². The molecule has 3 aromatic rings. The number of rotatable bonds is 2. The molecule has 7 heteroatoms. The molecule has 6 nitrogen and oxygen atoms in total. The lowest BCUT2D eigenvalue weighted by molar-refractivity contribution is 0.547. The van der Waals surface area contributed by atoms with E-state index in [1.165, 1.54) is 6.21 Å². The molecule has 0 unspecified atom stereocenters. The van der Waals surface area contributed by atoms with E-state index in [0.717, 1.165) is 11.2 Å². The van der Waals surface area contributed by atoms with Gasteiger partial charge in [-0.2, -0.15) is 5.10 Å². The molecule has 2 heterocycles. The minimum Gasteiger partial charge on any atom is -0.405 e. The predicted molar refractivity (Wildman–Crippen MR) is 85.7 cm³/mol. The Hall–Kier alpha value is -2.67. The Morgan fingerprint density at radius 3 is 3.00 bits per heavy atom. The van der Waals surface area contributed by atoms with Crippen LogP contribution in [0.3, 0.4) is 0 Å². The largest absolute Gasteiger partial charge is 0.405 e. The van der Waals surface area contributed by atoms with Gasteiger partial charge in [0, 0.05) is 5.69 Å². The van der Waals surface area contributed by atoms with Crippen LogP contribution in [-0.2, 0) is 0 Å². The van der Waals surface area contributed by atoms with Crippen molar-refractivity contribution in [1.82, 2.24) is 9.83 Å². The highest BCUT2D eigenvalue weighted by molar-refractivity contribution is 7.80. The minimum absolute atomic E-state index is 0.0680. The molecule has 0 aliphatic carbocycles. The number of para-hydroxylation sites is 1. The Kier molecular flexibility index (Phi) is 3.19. The van der Waals surface area contributed by atoms with Crippen molar-refractivity contribution in [2.75, 3.05) is 0 Å². The van der Waals surface area contributed by atoms with Gasteiger partial charge in [0.25, 0.3) is 0 Å². The van der Waals surface area contributed by atoms with Crippen molar-refractivity contribution < 1.29 is 4.42 Å². The summed E-state index contributed by atoms with van der Waals surface area (Å²) in [6.07, 6.45) is 1.51. The second-order valence-electron chi connectivity index (χ2n) is 4.52. The number of nitrogens with one attached hydrogen (secondary N) is 1. The third kappa shape index (κ3) is 2.27. The van der Waals surface area contributed by atoms with Crippen molar-refractivity contribution in [3.63, 3.8) is 0 Å². The average molecular weight is 300 g/mol. The molecule has 0 bridgehead atoms. The monoisotopic (exact) mass is 300 g/mol. The van der Waals surface area contributed by atoms with Crippen molar-refractivity contribution in [3.05, 3.63) is 52.0 Å². The topological polar surface area (TPSA) is 85.0 Å². The molecule has 3 N–H and O–H groups in total. The summed E-state index contributed by atoms with van der Waals surface area (Å²) in [4.78, 5) is 12.1. The Labute approximate surface area is 124 Å². The normalized spacial score (nSPS) is 11.5. The molecule has 106 valence electrons. The fourth-order valence-corrected chi connectivity index (χ4v) is 2.34. The first-order chi connectivity index (χ1) is 10.1. The summed E-state index contributed by atoms with van der Waals surface area (Å²) in [5.41, 5.74) is 10.2. The van der Waals surface area contributed by atoms with E-state index >= 15 is 0 Å². The molecule has 0 aliphatic heterocycles. The molecule has 0 saturated carbocycles. The van der Waals surface area contributed by atoms with Crippen molar-refractivity contribution in [2.24, 2.45) is 10.8 Å². The number of hydrazone groups is 1. The highest BCUT2D eigenvalue weighted by Crippen LogP contribution is 2.20. The molecule has 0 aliphatic rings. The van der Waals surface area contributed by atoms with E-state index < -0.39 is 0 Å². The number of hydrogen-bond acceptors (Lipinski definition) is 4. The molecule has 1 aromatic carbocycles. The van der Waals surface area contributed by atoms with Crippen LogP contribution in [0.25, 0.3) is 16.6 Å². The Balaban J connectivity index is 2.28. The van der Waals surface area contributed by atoms with Crippen LogP contribution in [0.1, 0.15) is 11.3 Å². The van der Waals surface area contributed by atoms with Gasteiger partial charge in [0.1, 0.15) is 0 Å². The molecule has 0 spiro atoms. The lowest BCUT2D eigenvalue weighted by atomic mass is 10.2. The first-order valence-electron chi connectivity index (χ1n) is 6.20. The molecule has 0 saturated heterocycles. The quantitative estimate of drug-likeness (QED) is 0.426. The summed E-state index contributed by atoms with van der Waals surface area (Å²) >= 11 is 4.67. The number of hydrogen-bond donors (Lipinski definition) is 2. The van der Waals surface area contributed by atoms with Crippen molar-refractivity contribution in [1.29, 1.82) is 0 Å². The van der Waals surface area contributed by atoms with Crippen molar-refractivity contribution in [2.45, 2.75) is 6.92 Å². The maximum Gasteiger partial charge on any atom is 0.346 e. The minimum atomic E-state index is -0.381. The second kappa shape index (κ2) is 5.02. The molecule has 21 heavy (non-hydrogen) atoms. The molecule has 0 amide bonds. The van der Waals surface area contributed by atoms with Crippen molar-refractivity contribution >= 4 is 40.2 Å². The lowest BCUT2D eigenvalue weighted by Gasteiger charge is -2.03. The fraction of sp³-hybridized carbons (Fsp3) is 0.0714. The van der Waals surface area contributed by atoms with E-state index in [4.69, 9.17) is 10.2 Å². The zero-order chi connectivity index (χ0) is 15.0. The Bertz CT molecular complexity index is 939. The average Bonchev–Trinajstić information content (AvgIpc) is 2.75. The number of thiocarbonyl (C=S) groups is 1. The summed E-state index contributed by atoms with van der Waals surface area (Å²) in [7, 11) is 0.